The van der Waals surface area contributed by atoms with Gasteiger partial charge in [-0.2, -0.15) is 0 Å². The standard InChI is InChI=1S/C21H20ClNO2S/c1-2-15-5-7-16(8-6-15)21(19-4-3-13-26-19)23-20(24)14-25-18-11-9-17(22)10-12-18/h3-13,21H,2,14H2,1H3,(H,23,24)/t21-/m0/s1. The molecule has 1 atom stereocenters. The zero-order valence-corrected chi connectivity index (χ0v) is 16.0. The molecule has 0 aliphatic heterocycles. The summed E-state index contributed by atoms with van der Waals surface area (Å²) < 4.78 is 5.55. The number of hydrogen-bond acceptors (Lipinski definition) is 3. The first-order valence-corrected chi connectivity index (χ1v) is 9.71. The molecule has 0 unspecified atom stereocenters. The fraction of sp³-hybridized carbons (Fsp3) is 0.190. The zero-order valence-electron chi connectivity index (χ0n) is 14.4. The molecule has 0 bridgehead atoms. The molecule has 1 heterocycles. The Kier molecular flexibility index (Phi) is 6.31. The van der Waals surface area contributed by atoms with Crippen LogP contribution in [0.15, 0.2) is 66.0 Å². The minimum Gasteiger partial charge on any atom is -0.484 e. The molecule has 1 N–H and O–H groups in total. The Hall–Kier alpha value is -2.30. The number of carbonyl (C=O) groups is 1. The van der Waals surface area contributed by atoms with E-state index in [-0.39, 0.29) is 18.6 Å². The van der Waals surface area contributed by atoms with Gasteiger partial charge in [-0.25, -0.2) is 0 Å². The van der Waals surface area contributed by atoms with Crippen LogP contribution in [0.4, 0.5) is 0 Å². The number of rotatable bonds is 7. The van der Waals surface area contributed by atoms with Crippen molar-refractivity contribution in [1.82, 2.24) is 5.32 Å². The Morgan fingerprint density at radius 2 is 1.85 bits per heavy atom. The first-order chi connectivity index (χ1) is 12.7. The van der Waals surface area contributed by atoms with Crippen molar-refractivity contribution in [3.8, 4) is 5.75 Å². The van der Waals surface area contributed by atoms with Crippen LogP contribution in [0.5, 0.6) is 5.75 Å². The van der Waals surface area contributed by atoms with Gasteiger partial charge in [0.05, 0.1) is 6.04 Å². The number of nitrogens with one attached hydrogen (secondary N) is 1. The topological polar surface area (TPSA) is 38.3 Å². The smallest absolute Gasteiger partial charge is 0.258 e. The maximum absolute atomic E-state index is 12.4. The van der Waals surface area contributed by atoms with Crippen molar-refractivity contribution in [2.75, 3.05) is 6.61 Å². The largest absolute Gasteiger partial charge is 0.484 e. The van der Waals surface area contributed by atoms with Gasteiger partial charge in [-0.3, -0.25) is 4.79 Å². The SMILES string of the molecule is CCc1ccc([C@H](NC(=O)COc2ccc(Cl)cc2)c2cccs2)cc1. The van der Waals surface area contributed by atoms with Crippen LogP contribution < -0.4 is 10.1 Å². The Morgan fingerprint density at radius 3 is 2.46 bits per heavy atom. The van der Waals surface area contributed by atoms with Crippen LogP contribution in [-0.2, 0) is 11.2 Å². The molecule has 3 nitrogen and oxygen atoms in total. The maximum atomic E-state index is 12.4. The molecule has 5 heteroatoms. The third kappa shape index (κ3) is 4.87. The lowest BCUT2D eigenvalue weighted by atomic mass is 10.0. The van der Waals surface area contributed by atoms with E-state index in [1.54, 1.807) is 35.6 Å². The molecule has 0 saturated carbocycles. The zero-order chi connectivity index (χ0) is 18.4. The van der Waals surface area contributed by atoms with Gasteiger partial charge in [0, 0.05) is 9.90 Å². The van der Waals surface area contributed by atoms with Crippen molar-refractivity contribution in [2.24, 2.45) is 0 Å². The minimum absolute atomic E-state index is 0.0451. The number of aryl methyl sites for hydroxylation is 1. The highest BCUT2D eigenvalue weighted by Gasteiger charge is 2.18. The van der Waals surface area contributed by atoms with Gasteiger partial charge in [-0.1, -0.05) is 48.9 Å². The average molecular weight is 386 g/mol. The van der Waals surface area contributed by atoms with Crippen molar-refractivity contribution >= 4 is 28.8 Å². The highest BCUT2D eigenvalue weighted by atomic mass is 35.5. The second-order valence-electron chi connectivity index (χ2n) is 5.85. The summed E-state index contributed by atoms with van der Waals surface area (Å²) >= 11 is 7.48. The average Bonchev–Trinajstić information content (AvgIpc) is 3.20. The molecular formula is C21H20ClNO2S. The summed E-state index contributed by atoms with van der Waals surface area (Å²) in [6.45, 7) is 2.08. The van der Waals surface area contributed by atoms with Gasteiger partial charge in [0.2, 0.25) is 0 Å². The minimum atomic E-state index is -0.178. The molecule has 134 valence electrons. The highest BCUT2D eigenvalue weighted by molar-refractivity contribution is 7.10. The second kappa shape index (κ2) is 8.88. The summed E-state index contributed by atoms with van der Waals surface area (Å²) in [5, 5.41) is 5.72. The molecule has 2 aromatic carbocycles. The van der Waals surface area contributed by atoms with Gasteiger partial charge in [0.25, 0.3) is 5.91 Å². The van der Waals surface area contributed by atoms with Crippen molar-refractivity contribution in [3.63, 3.8) is 0 Å². The number of ether oxygens (including phenoxy) is 1. The van der Waals surface area contributed by atoms with Gasteiger partial charge < -0.3 is 10.1 Å². The molecule has 0 radical (unpaired) electrons. The van der Waals surface area contributed by atoms with Crippen molar-refractivity contribution in [3.05, 3.63) is 87.1 Å². The third-order valence-electron chi connectivity index (χ3n) is 4.04. The predicted octanol–water partition coefficient (Wildman–Crippen LogP) is 5.25. The number of amides is 1. The van der Waals surface area contributed by atoms with Crippen molar-refractivity contribution in [2.45, 2.75) is 19.4 Å². The molecule has 0 spiro atoms. The van der Waals surface area contributed by atoms with E-state index < -0.39 is 0 Å². The maximum Gasteiger partial charge on any atom is 0.258 e. The summed E-state index contributed by atoms with van der Waals surface area (Å²) in [5.74, 6) is 0.447. The van der Waals surface area contributed by atoms with E-state index in [0.29, 0.717) is 10.8 Å². The van der Waals surface area contributed by atoms with E-state index in [0.717, 1.165) is 16.9 Å². The quantitative estimate of drug-likeness (QED) is 0.603. The summed E-state index contributed by atoms with van der Waals surface area (Å²) in [6.07, 6.45) is 0.991. The number of hydrogen-bond donors (Lipinski definition) is 1. The molecule has 3 aromatic rings. The fourth-order valence-electron chi connectivity index (χ4n) is 2.60. The predicted molar refractivity (Wildman–Crippen MR) is 107 cm³/mol. The Morgan fingerprint density at radius 1 is 1.12 bits per heavy atom. The van der Waals surface area contributed by atoms with Crippen molar-refractivity contribution < 1.29 is 9.53 Å². The van der Waals surface area contributed by atoms with Crippen LogP contribution in [0.1, 0.15) is 29.0 Å². The molecule has 26 heavy (non-hydrogen) atoms. The highest BCUT2D eigenvalue weighted by Crippen LogP contribution is 2.26. The van der Waals surface area contributed by atoms with Gasteiger partial charge in [0.1, 0.15) is 5.75 Å². The van der Waals surface area contributed by atoms with Crippen molar-refractivity contribution in [1.29, 1.82) is 0 Å². The van der Waals surface area contributed by atoms with E-state index in [9.17, 15) is 4.79 Å². The lowest BCUT2D eigenvalue weighted by Crippen LogP contribution is -2.32. The Labute approximate surface area is 162 Å². The van der Waals surface area contributed by atoms with E-state index in [1.807, 2.05) is 17.5 Å². The first kappa shape index (κ1) is 18.5. The lowest BCUT2D eigenvalue weighted by molar-refractivity contribution is -0.123. The van der Waals surface area contributed by atoms with Gasteiger partial charge in [-0.05, 0) is 53.3 Å². The van der Waals surface area contributed by atoms with E-state index >= 15 is 0 Å². The number of benzene rings is 2. The lowest BCUT2D eigenvalue weighted by Gasteiger charge is -2.19. The fourth-order valence-corrected chi connectivity index (χ4v) is 3.53. The van der Waals surface area contributed by atoms with Crippen LogP contribution in [0, 0.1) is 0 Å². The number of halogens is 1. The third-order valence-corrected chi connectivity index (χ3v) is 5.23. The summed E-state index contributed by atoms with van der Waals surface area (Å²) in [7, 11) is 0. The molecule has 0 aliphatic rings. The van der Waals surface area contributed by atoms with Gasteiger partial charge >= 0.3 is 0 Å². The Balaban J connectivity index is 1.69. The molecule has 1 amide bonds. The van der Waals surface area contributed by atoms with E-state index in [2.05, 4.69) is 36.5 Å². The molecule has 0 saturated heterocycles. The summed E-state index contributed by atoms with van der Waals surface area (Å²) in [5.41, 5.74) is 2.33. The van der Waals surface area contributed by atoms with Crippen LogP contribution in [0.2, 0.25) is 5.02 Å². The number of thiophene rings is 1. The number of carbonyl (C=O) groups excluding carboxylic acids is 1. The van der Waals surface area contributed by atoms with Crippen LogP contribution in [-0.4, -0.2) is 12.5 Å². The first-order valence-electron chi connectivity index (χ1n) is 8.45. The normalized spacial score (nSPS) is 11.8. The molecule has 0 fully saturated rings. The molecule has 3 rings (SSSR count). The monoisotopic (exact) mass is 385 g/mol. The van der Waals surface area contributed by atoms with Crippen LogP contribution in [0.25, 0.3) is 0 Å². The van der Waals surface area contributed by atoms with Crippen LogP contribution in [0.3, 0.4) is 0 Å². The van der Waals surface area contributed by atoms with Crippen LogP contribution >= 0.6 is 22.9 Å². The second-order valence-corrected chi connectivity index (χ2v) is 7.27. The van der Waals surface area contributed by atoms with E-state index in [4.69, 9.17) is 16.3 Å². The summed E-state index contributed by atoms with van der Waals surface area (Å²) in [4.78, 5) is 13.5. The van der Waals surface area contributed by atoms with Gasteiger partial charge in [-0.15, -0.1) is 11.3 Å². The van der Waals surface area contributed by atoms with E-state index in [1.165, 1.54) is 5.56 Å². The molecule has 1 aromatic heterocycles. The Bertz CT molecular complexity index is 829. The molecule has 0 aliphatic carbocycles. The van der Waals surface area contributed by atoms with Gasteiger partial charge in [0.15, 0.2) is 6.61 Å². The summed E-state index contributed by atoms with van der Waals surface area (Å²) in [6, 6.07) is 19.2. The molecular weight excluding hydrogens is 366 g/mol.